The quantitative estimate of drug-likeness (QED) is 0.612. The molecule has 3 aromatic rings. The fourth-order valence-corrected chi connectivity index (χ4v) is 3.28. The van der Waals surface area contributed by atoms with Gasteiger partial charge in [0.1, 0.15) is 0 Å². The molecule has 0 aliphatic rings. The summed E-state index contributed by atoms with van der Waals surface area (Å²) >= 11 is 0. The molecule has 0 radical (unpaired) electrons. The molecule has 2 aromatic carbocycles. The lowest BCUT2D eigenvalue weighted by atomic mass is 10.1. The second kappa shape index (κ2) is 8.82. The van der Waals surface area contributed by atoms with Crippen LogP contribution in [0.1, 0.15) is 27.2 Å². The number of methoxy groups -OCH3 is 2. The number of benzene rings is 2. The Morgan fingerprint density at radius 2 is 1.83 bits per heavy atom. The molecule has 6 heteroatoms. The van der Waals surface area contributed by atoms with E-state index in [0.717, 1.165) is 22.5 Å². The van der Waals surface area contributed by atoms with Crippen LogP contribution in [0.3, 0.4) is 0 Å². The zero-order valence-electron chi connectivity index (χ0n) is 17.6. The van der Waals surface area contributed by atoms with E-state index in [2.05, 4.69) is 11.2 Å². The van der Waals surface area contributed by atoms with Crippen molar-refractivity contribution in [2.24, 2.45) is 0 Å². The molecule has 0 unspecified atom stereocenters. The minimum Gasteiger partial charge on any atom is -0.493 e. The van der Waals surface area contributed by atoms with E-state index in [4.69, 9.17) is 9.47 Å². The average molecular weight is 393 g/mol. The van der Waals surface area contributed by atoms with Gasteiger partial charge in [0.2, 0.25) is 0 Å². The molecular weight excluding hydrogens is 366 g/mol. The zero-order chi connectivity index (χ0) is 21.0. The molecule has 0 bridgehead atoms. The van der Waals surface area contributed by atoms with Crippen LogP contribution < -0.4 is 9.47 Å². The van der Waals surface area contributed by atoms with E-state index in [9.17, 15) is 4.79 Å². The first-order valence-electron chi connectivity index (χ1n) is 9.52. The second-order valence-electron chi connectivity index (χ2n) is 7.06. The van der Waals surface area contributed by atoms with Gasteiger partial charge in [-0.3, -0.25) is 4.79 Å². The summed E-state index contributed by atoms with van der Waals surface area (Å²) in [6, 6.07) is 13.9. The molecule has 0 saturated carbocycles. The zero-order valence-corrected chi connectivity index (χ0v) is 17.6. The van der Waals surface area contributed by atoms with Crippen molar-refractivity contribution in [2.75, 3.05) is 27.8 Å². The Morgan fingerprint density at radius 1 is 1.07 bits per heavy atom. The summed E-state index contributed by atoms with van der Waals surface area (Å²) in [6.07, 6.45) is 2.36. The van der Waals surface area contributed by atoms with Crippen LogP contribution in [0.2, 0.25) is 0 Å². The highest BCUT2D eigenvalue weighted by atomic mass is 16.5. The van der Waals surface area contributed by atoms with Gasteiger partial charge in [0.05, 0.1) is 37.4 Å². The number of carbonyl (C=O) groups is 1. The second-order valence-corrected chi connectivity index (χ2v) is 7.06. The third-order valence-corrected chi connectivity index (χ3v) is 5.02. The van der Waals surface area contributed by atoms with Crippen molar-refractivity contribution in [2.45, 2.75) is 20.3 Å². The number of rotatable bonds is 7. The number of ether oxygens (including phenoxy) is 2. The van der Waals surface area contributed by atoms with Crippen LogP contribution in [0.15, 0.2) is 48.7 Å². The van der Waals surface area contributed by atoms with Gasteiger partial charge in [0.25, 0.3) is 5.91 Å². The van der Waals surface area contributed by atoms with Gasteiger partial charge in [-0.1, -0.05) is 18.2 Å². The predicted octanol–water partition coefficient (Wildman–Crippen LogP) is 3.82. The summed E-state index contributed by atoms with van der Waals surface area (Å²) in [5, 5.41) is 4.43. The van der Waals surface area contributed by atoms with Gasteiger partial charge in [-0.15, -0.1) is 0 Å². The van der Waals surface area contributed by atoms with Crippen LogP contribution in [0.5, 0.6) is 11.5 Å². The summed E-state index contributed by atoms with van der Waals surface area (Å²) in [6.45, 7) is 4.55. The highest BCUT2D eigenvalue weighted by Gasteiger charge is 2.19. The Hall–Kier alpha value is -3.28. The Morgan fingerprint density at radius 3 is 2.52 bits per heavy atom. The van der Waals surface area contributed by atoms with Gasteiger partial charge in [-0.2, -0.15) is 5.10 Å². The lowest BCUT2D eigenvalue weighted by molar-refractivity contribution is 0.0796. The number of aryl methyl sites for hydroxylation is 1. The van der Waals surface area contributed by atoms with E-state index in [0.29, 0.717) is 30.0 Å². The minimum absolute atomic E-state index is 0.0399. The summed E-state index contributed by atoms with van der Waals surface area (Å²) < 4.78 is 12.4. The molecule has 0 N–H and O–H groups in total. The van der Waals surface area contributed by atoms with Gasteiger partial charge < -0.3 is 14.4 Å². The fraction of sp³-hybridized carbons (Fsp3) is 0.304. The maximum absolute atomic E-state index is 12.9. The molecule has 0 saturated heterocycles. The van der Waals surface area contributed by atoms with E-state index in [1.54, 1.807) is 25.3 Å². The molecule has 29 heavy (non-hydrogen) atoms. The highest BCUT2D eigenvalue weighted by molar-refractivity contribution is 5.95. The van der Waals surface area contributed by atoms with Crippen LogP contribution in [-0.4, -0.2) is 48.4 Å². The number of nitrogens with zero attached hydrogens (tertiary/aromatic N) is 3. The molecule has 0 spiro atoms. The first kappa shape index (κ1) is 20.5. The lowest BCUT2D eigenvalue weighted by Gasteiger charge is -2.17. The normalized spacial score (nSPS) is 10.7. The molecule has 152 valence electrons. The number of hydrogen-bond acceptors (Lipinski definition) is 4. The number of aromatic nitrogens is 2. The molecule has 1 aromatic heterocycles. The van der Waals surface area contributed by atoms with Crippen molar-refractivity contribution in [1.29, 1.82) is 0 Å². The number of carbonyl (C=O) groups excluding carboxylic acids is 1. The molecule has 0 atom stereocenters. The highest BCUT2D eigenvalue weighted by Crippen LogP contribution is 2.27. The predicted molar refractivity (Wildman–Crippen MR) is 113 cm³/mol. The van der Waals surface area contributed by atoms with Crippen molar-refractivity contribution >= 4 is 5.91 Å². The Labute approximate surface area is 171 Å². The molecule has 3 rings (SSSR count). The average Bonchev–Trinajstić information content (AvgIpc) is 3.12. The standard InChI is InChI=1S/C23H27N3O3/c1-16-7-6-8-19(13-16)26-17(2)20(15-24-26)23(27)25(3)12-11-18-9-10-21(28-4)22(14-18)29-5/h6-10,13-15H,11-12H2,1-5H3. The molecule has 0 fully saturated rings. The van der Waals surface area contributed by atoms with Crippen molar-refractivity contribution in [3.05, 3.63) is 71.0 Å². The van der Waals surface area contributed by atoms with E-state index in [-0.39, 0.29) is 5.91 Å². The number of likely N-dealkylation sites (N-methyl/N-ethyl adjacent to an activating group) is 1. The van der Waals surface area contributed by atoms with Crippen LogP contribution >= 0.6 is 0 Å². The Bertz CT molecular complexity index is 1010. The third-order valence-electron chi connectivity index (χ3n) is 5.02. The summed E-state index contributed by atoms with van der Waals surface area (Å²) in [7, 11) is 5.04. The molecule has 1 amide bonds. The molecule has 6 nitrogen and oxygen atoms in total. The summed E-state index contributed by atoms with van der Waals surface area (Å²) in [4.78, 5) is 14.7. The van der Waals surface area contributed by atoms with Crippen molar-refractivity contribution in [3.8, 4) is 17.2 Å². The maximum Gasteiger partial charge on any atom is 0.257 e. The third kappa shape index (κ3) is 4.42. The van der Waals surface area contributed by atoms with Crippen molar-refractivity contribution < 1.29 is 14.3 Å². The summed E-state index contributed by atoms with van der Waals surface area (Å²) in [5.74, 6) is 1.34. The Kier molecular flexibility index (Phi) is 6.22. The van der Waals surface area contributed by atoms with E-state index in [1.807, 2.05) is 62.0 Å². The molecule has 0 aliphatic heterocycles. The number of amides is 1. The van der Waals surface area contributed by atoms with E-state index < -0.39 is 0 Å². The SMILES string of the molecule is COc1ccc(CCN(C)C(=O)c2cnn(-c3cccc(C)c3)c2C)cc1OC. The van der Waals surface area contributed by atoms with Crippen molar-refractivity contribution in [3.63, 3.8) is 0 Å². The van der Waals surface area contributed by atoms with Crippen LogP contribution in [0.25, 0.3) is 5.69 Å². The largest absolute Gasteiger partial charge is 0.493 e. The molecule has 0 aliphatic carbocycles. The summed E-state index contributed by atoms with van der Waals surface area (Å²) in [5.41, 5.74) is 4.63. The van der Waals surface area contributed by atoms with E-state index >= 15 is 0 Å². The molecule has 1 heterocycles. The van der Waals surface area contributed by atoms with Gasteiger partial charge >= 0.3 is 0 Å². The Balaban J connectivity index is 1.71. The smallest absolute Gasteiger partial charge is 0.257 e. The van der Waals surface area contributed by atoms with Crippen molar-refractivity contribution in [1.82, 2.24) is 14.7 Å². The van der Waals surface area contributed by atoms with Crippen LogP contribution in [0.4, 0.5) is 0 Å². The van der Waals surface area contributed by atoms with Gasteiger partial charge in [0.15, 0.2) is 11.5 Å². The fourth-order valence-electron chi connectivity index (χ4n) is 3.28. The van der Waals surface area contributed by atoms with E-state index in [1.165, 1.54) is 0 Å². The number of hydrogen-bond donors (Lipinski definition) is 0. The monoisotopic (exact) mass is 393 g/mol. The first-order chi connectivity index (χ1) is 13.9. The maximum atomic E-state index is 12.9. The first-order valence-corrected chi connectivity index (χ1v) is 9.52. The van der Waals surface area contributed by atoms with Crippen LogP contribution in [0, 0.1) is 13.8 Å². The van der Waals surface area contributed by atoms with Gasteiger partial charge in [-0.25, -0.2) is 4.68 Å². The topological polar surface area (TPSA) is 56.6 Å². The van der Waals surface area contributed by atoms with Gasteiger partial charge in [0, 0.05) is 13.6 Å². The molecular formula is C23H27N3O3. The minimum atomic E-state index is -0.0399. The lowest BCUT2D eigenvalue weighted by Crippen LogP contribution is -2.29. The van der Waals surface area contributed by atoms with Gasteiger partial charge in [-0.05, 0) is 55.7 Å². The van der Waals surface area contributed by atoms with Crippen LogP contribution in [-0.2, 0) is 6.42 Å².